The first-order chi connectivity index (χ1) is 17.9. The molecule has 3 aromatic rings. The lowest BCUT2D eigenvalue weighted by atomic mass is 10.0. The molecule has 0 bridgehead atoms. The minimum absolute atomic E-state index is 0.125. The summed E-state index contributed by atoms with van der Waals surface area (Å²) >= 11 is 14.5. The van der Waals surface area contributed by atoms with Crippen LogP contribution in [0.15, 0.2) is 72.8 Å². The number of hydrogen-bond acceptors (Lipinski definition) is 3. The van der Waals surface area contributed by atoms with Gasteiger partial charge in [0.1, 0.15) is 6.04 Å². The van der Waals surface area contributed by atoms with Crippen molar-refractivity contribution in [1.82, 2.24) is 10.2 Å². The molecule has 37 heavy (non-hydrogen) atoms. The molecule has 0 radical (unpaired) electrons. The van der Waals surface area contributed by atoms with Crippen LogP contribution >= 0.6 is 35.0 Å². The third kappa shape index (κ3) is 9.10. The van der Waals surface area contributed by atoms with Gasteiger partial charge in [0.2, 0.25) is 11.8 Å². The van der Waals surface area contributed by atoms with E-state index in [0.717, 1.165) is 24.0 Å². The molecule has 0 unspecified atom stereocenters. The van der Waals surface area contributed by atoms with Crippen molar-refractivity contribution in [3.8, 4) is 0 Å². The highest BCUT2D eigenvalue weighted by Gasteiger charge is 2.31. The quantitative estimate of drug-likeness (QED) is 0.228. The lowest BCUT2D eigenvalue weighted by Gasteiger charge is -2.32. The van der Waals surface area contributed by atoms with Crippen molar-refractivity contribution < 1.29 is 9.59 Å². The van der Waals surface area contributed by atoms with Gasteiger partial charge in [-0.25, -0.2) is 0 Å². The first kappa shape index (κ1) is 29.1. The van der Waals surface area contributed by atoms with Gasteiger partial charge in [-0.3, -0.25) is 9.59 Å². The maximum atomic E-state index is 13.7. The number of carbonyl (C=O) groups is 2. The molecule has 0 aromatic heterocycles. The fourth-order valence-electron chi connectivity index (χ4n) is 3.94. The van der Waals surface area contributed by atoms with E-state index in [9.17, 15) is 9.59 Å². The van der Waals surface area contributed by atoms with Crippen molar-refractivity contribution in [3.05, 3.63) is 105 Å². The van der Waals surface area contributed by atoms with Gasteiger partial charge in [-0.2, -0.15) is 0 Å². The van der Waals surface area contributed by atoms with Crippen LogP contribution in [0.5, 0.6) is 0 Å². The Kier molecular flexibility index (Phi) is 11.8. The van der Waals surface area contributed by atoms with Crippen LogP contribution in [0.25, 0.3) is 0 Å². The third-order valence-corrected chi connectivity index (χ3v) is 7.80. The Morgan fingerprint density at radius 1 is 0.919 bits per heavy atom. The first-order valence-electron chi connectivity index (χ1n) is 12.6. The number of aryl methyl sites for hydroxylation is 1. The van der Waals surface area contributed by atoms with E-state index in [1.807, 2.05) is 30.3 Å². The molecule has 1 atom stereocenters. The van der Waals surface area contributed by atoms with Gasteiger partial charge in [0.15, 0.2) is 0 Å². The number of amides is 2. The van der Waals surface area contributed by atoms with E-state index in [2.05, 4.69) is 43.4 Å². The van der Waals surface area contributed by atoms with E-state index in [0.29, 0.717) is 34.3 Å². The van der Waals surface area contributed by atoms with Gasteiger partial charge >= 0.3 is 0 Å². The number of hydrogen-bond donors (Lipinski definition) is 1. The van der Waals surface area contributed by atoms with E-state index in [-0.39, 0.29) is 24.1 Å². The Hall–Kier alpha value is -2.47. The van der Waals surface area contributed by atoms with Crippen LogP contribution in [-0.4, -0.2) is 35.1 Å². The zero-order valence-electron chi connectivity index (χ0n) is 21.4. The maximum Gasteiger partial charge on any atom is 0.243 e. The maximum absolute atomic E-state index is 13.7. The minimum Gasteiger partial charge on any atom is -0.354 e. The number of halogens is 2. The number of rotatable bonds is 13. The van der Waals surface area contributed by atoms with Crippen LogP contribution in [0.1, 0.15) is 42.0 Å². The van der Waals surface area contributed by atoms with Gasteiger partial charge in [0.05, 0.1) is 5.75 Å². The first-order valence-corrected chi connectivity index (χ1v) is 14.5. The number of unbranched alkanes of at least 4 members (excludes halogenated alkanes) is 1. The molecular formula is C30H34Cl2N2O2S. The smallest absolute Gasteiger partial charge is 0.243 e. The van der Waals surface area contributed by atoms with Gasteiger partial charge < -0.3 is 10.2 Å². The van der Waals surface area contributed by atoms with Crippen LogP contribution in [0.4, 0.5) is 0 Å². The van der Waals surface area contributed by atoms with E-state index >= 15 is 0 Å². The van der Waals surface area contributed by atoms with E-state index in [1.54, 1.807) is 23.1 Å². The number of nitrogens with zero attached hydrogens (tertiary/aromatic N) is 1. The van der Waals surface area contributed by atoms with Crippen molar-refractivity contribution >= 4 is 46.8 Å². The molecule has 3 aromatic carbocycles. The van der Waals surface area contributed by atoms with Crippen molar-refractivity contribution in [3.63, 3.8) is 0 Å². The summed E-state index contributed by atoms with van der Waals surface area (Å²) < 4.78 is 0. The lowest BCUT2D eigenvalue weighted by Crippen LogP contribution is -2.51. The minimum atomic E-state index is -0.695. The molecule has 0 fully saturated rings. The Balaban J connectivity index is 1.87. The summed E-state index contributed by atoms with van der Waals surface area (Å²) in [5.41, 5.74) is 3.98. The summed E-state index contributed by atoms with van der Waals surface area (Å²) in [6.45, 7) is 4.85. The number of nitrogens with one attached hydrogen (secondary N) is 1. The largest absolute Gasteiger partial charge is 0.354 e. The molecule has 4 nitrogen and oxygen atoms in total. The molecule has 2 amide bonds. The summed E-state index contributed by atoms with van der Waals surface area (Å²) in [5, 5.41) is 3.98. The monoisotopic (exact) mass is 556 g/mol. The summed E-state index contributed by atoms with van der Waals surface area (Å²) in [6.07, 6.45) is 2.24. The number of thioether (sulfide) groups is 1. The summed E-state index contributed by atoms with van der Waals surface area (Å²) in [7, 11) is 0. The molecule has 0 aliphatic rings. The van der Waals surface area contributed by atoms with Crippen molar-refractivity contribution in [2.75, 3.05) is 12.3 Å². The predicted octanol–water partition coefficient (Wildman–Crippen LogP) is 7.09. The highest BCUT2D eigenvalue weighted by Crippen LogP contribution is 2.28. The fourth-order valence-corrected chi connectivity index (χ4v) is 5.32. The number of carbonyl (C=O) groups excluding carboxylic acids is 2. The Bertz CT molecular complexity index is 1140. The van der Waals surface area contributed by atoms with Gasteiger partial charge in [0.25, 0.3) is 0 Å². The van der Waals surface area contributed by atoms with Gasteiger partial charge in [-0.05, 0) is 36.6 Å². The second kappa shape index (κ2) is 15.1. The molecular weight excluding hydrogens is 523 g/mol. The molecule has 1 N–H and O–H groups in total. The van der Waals surface area contributed by atoms with Gasteiger partial charge in [-0.15, -0.1) is 11.8 Å². The normalized spacial score (nSPS) is 11.7. The van der Waals surface area contributed by atoms with Crippen LogP contribution in [0.3, 0.4) is 0 Å². The second-order valence-corrected chi connectivity index (χ2v) is 10.9. The Morgan fingerprint density at radius 3 is 2.24 bits per heavy atom. The topological polar surface area (TPSA) is 49.4 Å². The molecule has 0 aliphatic carbocycles. The number of benzene rings is 3. The highest BCUT2D eigenvalue weighted by atomic mass is 35.5. The SMILES string of the molecule is CCCCNC(=O)[C@@H](Cc1ccccc1)N(Cc1c(Cl)cccc1Cl)C(=O)CSCc1ccc(C)cc1. The van der Waals surface area contributed by atoms with E-state index in [4.69, 9.17) is 23.2 Å². The molecule has 0 aliphatic heterocycles. The van der Waals surface area contributed by atoms with Crippen LogP contribution in [0.2, 0.25) is 10.0 Å². The van der Waals surface area contributed by atoms with Crippen molar-refractivity contribution in [2.45, 2.75) is 51.4 Å². The average molecular weight is 558 g/mol. The predicted molar refractivity (Wildman–Crippen MR) is 156 cm³/mol. The van der Waals surface area contributed by atoms with Crippen molar-refractivity contribution in [1.29, 1.82) is 0 Å². The Morgan fingerprint density at radius 2 is 1.59 bits per heavy atom. The molecule has 0 heterocycles. The summed E-state index contributed by atoms with van der Waals surface area (Å²) in [4.78, 5) is 28.8. The fraction of sp³-hybridized carbons (Fsp3) is 0.333. The second-order valence-electron chi connectivity index (χ2n) is 9.05. The zero-order valence-corrected chi connectivity index (χ0v) is 23.7. The van der Waals surface area contributed by atoms with Gasteiger partial charge in [0, 0.05) is 40.9 Å². The van der Waals surface area contributed by atoms with Crippen molar-refractivity contribution in [2.24, 2.45) is 0 Å². The molecule has 3 rings (SSSR count). The zero-order chi connectivity index (χ0) is 26.6. The van der Waals surface area contributed by atoms with Crippen LogP contribution in [-0.2, 0) is 28.3 Å². The van der Waals surface area contributed by atoms with Crippen LogP contribution < -0.4 is 5.32 Å². The molecule has 7 heteroatoms. The van der Waals surface area contributed by atoms with E-state index in [1.165, 1.54) is 17.3 Å². The average Bonchev–Trinajstić information content (AvgIpc) is 2.89. The lowest BCUT2D eigenvalue weighted by molar-refractivity contribution is -0.139. The van der Waals surface area contributed by atoms with Crippen LogP contribution in [0, 0.1) is 6.92 Å². The van der Waals surface area contributed by atoms with E-state index < -0.39 is 6.04 Å². The summed E-state index contributed by atoms with van der Waals surface area (Å²) in [5.74, 6) is 0.652. The molecule has 0 spiro atoms. The third-order valence-electron chi connectivity index (χ3n) is 6.11. The van der Waals surface area contributed by atoms with Gasteiger partial charge in [-0.1, -0.05) is 103 Å². The molecule has 0 saturated carbocycles. The molecule has 196 valence electrons. The standard InChI is InChI=1S/C30H34Cl2N2O2S/c1-3-4-17-33-30(36)28(18-23-9-6-5-7-10-23)34(19-25-26(31)11-8-12-27(25)32)29(35)21-37-20-24-15-13-22(2)14-16-24/h5-16,28H,3-4,17-21H2,1-2H3,(H,33,36)/t28-/m1/s1. The molecule has 0 saturated heterocycles. The summed E-state index contributed by atoms with van der Waals surface area (Å²) in [6, 6.07) is 22.7. The highest BCUT2D eigenvalue weighted by molar-refractivity contribution is 7.99. The Labute approximate surface area is 234 Å².